The minimum Gasteiger partial charge on any atom is -0.377 e. The average Bonchev–Trinajstić information content (AvgIpc) is 3.36. The van der Waals surface area contributed by atoms with Crippen LogP contribution in [0.4, 0.5) is 13.2 Å². The summed E-state index contributed by atoms with van der Waals surface area (Å²) in [5.74, 6) is 0.0733. The van der Waals surface area contributed by atoms with E-state index in [1.807, 2.05) is 0 Å². The van der Waals surface area contributed by atoms with Crippen molar-refractivity contribution in [1.29, 1.82) is 0 Å². The predicted octanol–water partition coefficient (Wildman–Crippen LogP) is 2.70. The summed E-state index contributed by atoms with van der Waals surface area (Å²) >= 11 is 0. The van der Waals surface area contributed by atoms with Crippen molar-refractivity contribution in [2.24, 2.45) is 7.05 Å². The van der Waals surface area contributed by atoms with Gasteiger partial charge >= 0.3 is 6.18 Å². The van der Waals surface area contributed by atoms with Crippen molar-refractivity contribution in [2.45, 2.75) is 12.2 Å². The van der Waals surface area contributed by atoms with Crippen LogP contribution in [0.3, 0.4) is 0 Å². The number of aromatic nitrogens is 4. The zero-order valence-corrected chi connectivity index (χ0v) is 15.3. The summed E-state index contributed by atoms with van der Waals surface area (Å²) in [6.45, 7) is 0.704. The highest BCUT2D eigenvalue weighted by molar-refractivity contribution is 5.94. The standard InChI is InChI=1S/C18H16F3N5O3/c1-25-9-12(8-22-25)16-23-15(24-29-16)14-10-28-7-6-26(14)17(27)11-2-4-13(5-3-11)18(19,20)21/h2-5,8-9,14H,6-7,10H2,1H3/t14-/m1/s1. The average molecular weight is 407 g/mol. The van der Waals surface area contributed by atoms with E-state index in [0.29, 0.717) is 12.2 Å². The number of carbonyl (C=O) groups is 1. The van der Waals surface area contributed by atoms with Gasteiger partial charge in [0.15, 0.2) is 5.82 Å². The normalized spacial score (nSPS) is 17.5. The van der Waals surface area contributed by atoms with Crippen LogP contribution in [0.1, 0.15) is 27.8 Å². The van der Waals surface area contributed by atoms with Crippen LogP contribution in [0.25, 0.3) is 11.5 Å². The molecule has 0 saturated carbocycles. The van der Waals surface area contributed by atoms with Crippen molar-refractivity contribution in [3.63, 3.8) is 0 Å². The molecule has 1 saturated heterocycles. The van der Waals surface area contributed by atoms with E-state index in [4.69, 9.17) is 9.26 Å². The molecule has 0 spiro atoms. The Morgan fingerprint density at radius 3 is 2.66 bits per heavy atom. The highest BCUT2D eigenvalue weighted by Crippen LogP contribution is 2.30. The fourth-order valence-electron chi connectivity index (χ4n) is 3.05. The first-order valence-corrected chi connectivity index (χ1v) is 8.71. The second-order valence-electron chi connectivity index (χ2n) is 6.52. The van der Waals surface area contributed by atoms with Crippen LogP contribution in [-0.2, 0) is 18.0 Å². The van der Waals surface area contributed by atoms with Gasteiger partial charge < -0.3 is 14.2 Å². The van der Waals surface area contributed by atoms with E-state index in [1.165, 1.54) is 4.90 Å². The predicted molar refractivity (Wildman–Crippen MR) is 92.5 cm³/mol. The number of aryl methyl sites for hydroxylation is 1. The molecule has 0 radical (unpaired) electrons. The van der Waals surface area contributed by atoms with Gasteiger partial charge in [-0.05, 0) is 24.3 Å². The van der Waals surface area contributed by atoms with E-state index in [0.717, 1.165) is 24.3 Å². The van der Waals surface area contributed by atoms with Gasteiger partial charge in [-0.25, -0.2) is 0 Å². The van der Waals surface area contributed by atoms with Crippen LogP contribution in [0.2, 0.25) is 0 Å². The molecule has 1 aliphatic rings. The third kappa shape index (κ3) is 3.86. The first-order valence-electron chi connectivity index (χ1n) is 8.71. The van der Waals surface area contributed by atoms with Crippen LogP contribution in [0, 0.1) is 0 Å². The van der Waals surface area contributed by atoms with Crippen molar-refractivity contribution >= 4 is 5.91 Å². The molecule has 1 amide bonds. The van der Waals surface area contributed by atoms with Gasteiger partial charge in [-0.3, -0.25) is 9.48 Å². The summed E-state index contributed by atoms with van der Waals surface area (Å²) in [7, 11) is 1.75. The molecule has 0 aliphatic carbocycles. The van der Waals surface area contributed by atoms with Crippen LogP contribution < -0.4 is 0 Å². The summed E-state index contributed by atoms with van der Waals surface area (Å²) in [6.07, 6.45) is -1.18. The zero-order valence-electron chi connectivity index (χ0n) is 15.3. The maximum atomic E-state index is 12.9. The second-order valence-corrected chi connectivity index (χ2v) is 6.52. The lowest BCUT2D eigenvalue weighted by Gasteiger charge is -2.33. The number of benzene rings is 1. The number of rotatable bonds is 3. The molecule has 3 aromatic rings. The van der Waals surface area contributed by atoms with Crippen molar-refractivity contribution in [1.82, 2.24) is 24.8 Å². The summed E-state index contributed by atoms with van der Waals surface area (Å²) in [4.78, 5) is 18.7. The molecule has 1 aromatic carbocycles. The minimum absolute atomic E-state index is 0.140. The number of morpholine rings is 1. The fraction of sp³-hybridized carbons (Fsp3) is 0.333. The lowest BCUT2D eigenvalue weighted by molar-refractivity contribution is -0.137. The first kappa shape index (κ1) is 19.1. The number of nitrogens with zero attached hydrogens (tertiary/aromatic N) is 5. The van der Waals surface area contributed by atoms with Crippen molar-refractivity contribution in [2.75, 3.05) is 19.8 Å². The number of halogens is 3. The first-order chi connectivity index (χ1) is 13.8. The number of amides is 1. The number of ether oxygens (including phenoxy) is 1. The molecule has 1 fully saturated rings. The lowest BCUT2D eigenvalue weighted by atomic mass is 10.1. The quantitative estimate of drug-likeness (QED) is 0.664. The minimum atomic E-state index is -4.46. The summed E-state index contributed by atoms with van der Waals surface area (Å²) in [5.41, 5.74) is -0.0451. The SMILES string of the molecule is Cn1cc(-c2nc([C@H]3COCCN3C(=O)c3ccc(C(F)(F)F)cc3)no2)cn1. The van der Waals surface area contributed by atoms with Crippen molar-refractivity contribution in [3.05, 3.63) is 53.6 Å². The molecule has 0 bridgehead atoms. The van der Waals surface area contributed by atoms with Gasteiger partial charge in [-0.15, -0.1) is 0 Å². The van der Waals surface area contributed by atoms with Gasteiger partial charge in [0.25, 0.3) is 11.8 Å². The van der Waals surface area contributed by atoms with E-state index < -0.39 is 23.7 Å². The van der Waals surface area contributed by atoms with Crippen LogP contribution in [0.5, 0.6) is 0 Å². The number of hydrogen-bond donors (Lipinski definition) is 0. The Bertz CT molecular complexity index is 1010. The summed E-state index contributed by atoms with van der Waals surface area (Å²) in [5, 5.41) is 7.99. The zero-order chi connectivity index (χ0) is 20.6. The Morgan fingerprint density at radius 1 is 1.24 bits per heavy atom. The highest BCUT2D eigenvalue weighted by atomic mass is 19.4. The third-order valence-corrected chi connectivity index (χ3v) is 4.54. The van der Waals surface area contributed by atoms with Crippen LogP contribution in [-0.4, -0.2) is 50.5 Å². The summed E-state index contributed by atoms with van der Waals surface area (Å²) < 4.78 is 50.6. The molecule has 11 heteroatoms. The largest absolute Gasteiger partial charge is 0.416 e. The molecule has 29 heavy (non-hydrogen) atoms. The van der Waals surface area contributed by atoms with Crippen LogP contribution in [0.15, 0.2) is 41.2 Å². The molecule has 0 N–H and O–H groups in total. The summed E-state index contributed by atoms with van der Waals surface area (Å²) in [6, 6.07) is 3.48. The Kier molecular flexibility index (Phi) is 4.82. The molecule has 0 unspecified atom stereocenters. The van der Waals surface area contributed by atoms with Gasteiger partial charge in [-0.2, -0.15) is 23.3 Å². The monoisotopic (exact) mass is 407 g/mol. The van der Waals surface area contributed by atoms with E-state index in [9.17, 15) is 18.0 Å². The molecule has 152 valence electrons. The van der Waals surface area contributed by atoms with Crippen LogP contribution >= 0.6 is 0 Å². The Labute approximate surface area is 162 Å². The third-order valence-electron chi connectivity index (χ3n) is 4.54. The highest BCUT2D eigenvalue weighted by Gasteiger charge is 2.34. The number of alkyl halides is 3. The Hall–Kier alpha value is -3.21. The van der Waals surface area contributed by atoms with Crippen molar-refractivity contribution < 1.29 is 27.2 Å². The van der Waals surface area contributed by atoms with Gasteiger partial charge in [0.05, 0.1) is 30.5 Å². The molecule has 1 aliphatic heterocycles. The topological polar surface area (TPSA) is 86.3 Å². The number of carbonyl (C=O) groups excluding carboxylic acids is 1. The lowest BCUT2D eigenvalue weighted by Crippen LogP contribution is -2.43. The van der Waals surface area contributed by atoms with E-state index in [2.05, 4.69) is 15.2 Å². The van der Waals surface area contributed by atoms with Gasteiger partial charge in [0, 0.05) is 25.4 Å². The van der Waals surface area contributed by atoms with E-state index in [1.54, 1.807) is 24.1 Å². The Morgan fingerprint density at radius 2 is 2.00 bits per heavy atom. The molecule has 2 aromatic heterocycles. The van der Waals surface area contributed by atoms with Crippen molar-refractivity contribution in [3.8, 4) is 11.5 Å². The van der Waals surface area contributed by atoms with E-state index >= 15 is 0 Å². The van der Waals surface area contributed by atoms with E-state index in [-0.39, 0.29) is 30.4 Å². The fourth-order valence-corrected chi connectivity index (χ4v) is 3.05. The van der Waals surface area contributed by atoms with Gasteiger partial charge in [0.1, 0.15) is 6.04 Å². The molecular weight excluding hydrogens is 391 g/mol. The molecule has 3 heterocycles. The molecule has 1 atom stereocenters. The molecule has 4 rings (SSSR count). The van der Waals surface area contributed by atoms with Gasteiger partial charge in [0.2, 0.25) is 0 Å². The number of hydrogen-bond acceptors (Lipinski definition) is 6. The molecule has 8 nitrogen and oxygen atoms in total. The second kappa shape index (κ2) is 7.32. The Balaban J connectivity index is 1.57. The maximum Gasteiger partial charge on any atom is 0.416 e. The molecular formula is C18H16F3N5O3. The smallest absolute Gasteiger partial charge is 0.377 e. The van der Waals surface area contributed by atoms with Gasteiger partial charge in [-0.1, -0.05) is 5.16 Å². The maximum absolute atomic E-state index is 12.9.